The number of halogens is 3. The smallest absolute Gasteiger partial charge is 0.178 e. The van der Waals surface area contributed by atoms with Gasteiger partial charge in [0.1, 0.15) is 11.9 Å². The number of ether oxygens (including phenoxy) is 1. The van der Waals surface area contributed by atoms with Crippen LogP contribution in [-0.2, 0) is 9.84 Å². The van der Waals surface area contributed by atoms with Crippen LogP contribution >= 0.6 is 23.2 Å². The van der Waals surface area contributed by atoms with E-state index in [1.165, 1.54) is 12.1 Å². The summed E-state index contributed by atoms with van der Waals surface area (Å²) in [7, 11) is -3.29. The molecule has 1 aromatic heterocycles. The monoisotopic (exact) mass is 468 g/mol. The molecular weight excluding hydrogens is 450 g/mol. The Morgan fingerprint density at radius 3 is 2.43 bits per heavy atom. The molecule has 0 saturated carbocycles. The third-order valence-corrected chi connectivity index (χ3v) is 7.06. The average Bonchev–Trinajstić information content (AvgIpc) is 2.73. The Labute approximate surface area is 184 Å². The zero-order chi connectivity index (χ0) is 22.1. The van der Waals surface area contributed by atoms with Crippen molar-refractivity contribution >= 4 is 38.9 Å². The van der Waals surface area contributed by atoms with Gasteiger partial charge in [-0.1, -0.05) is 42.3 Å². The molecule has 5 nitrogen and oxygen atoms in total. The topological polar surface area (TPSA) is 82.3 Å². The van der Waals surface area contributed by atoms with E-state index in [1.54, 1.807) is 50.4 Å². The van der Waals surface area contributed by atoms with Gasteiger partial charge >= 0.3 is 0 Å². The minimum atomic E-state index is -3.29. The maximum absolute atomic E-state index is 13.8. The van der Waals surface area contributed by atoms with Crippen molar-refractivity contribution in [2.45, 2.75) is 24.8 Å². The molecule has 0 aliphatic carbocycles. The van der Waals surface area contributed by atoms with Crippen LogP contribution in [0.1, 0.15) is 25.5 Å². The summed E-state index contributed by atoms with van der Waals surface area (Å²) in [6.07, 6.45) is 0.857. The molecule has 3 aromatic rings. The van der Waals surface area contributed by atoms with Gasteiger partial charge < -0.3 is 10.5 Å². The molecule has 0 aliphatic heterocycles. The van der Waals surface area contributed by atoms with E-state index < -0.39 is 21.8 Å². The lowest BCUT2D eigenvalue weighted by Gasteiger charge is -2.19. The number of hydrogen-bond acceptors (Lipinski definition) is 5. The third kappa shape index (κ3) is 4.53. The Balaban J connectivity index is 1.92. The molecule has 0 saturated heterocycles. The predicted octanol–water partition coefficient (Wildman–Crippen LogP) is 5.71. The number of rotatable bonds is 6. The lowest BCUT2D eigenvalue weighted by molar-refractivity contribution is 0.227. The van der Waals surface area contributed by atoms with E-state index in [9.17, 15) is 12.8 Å². The van der Waals surface area contributed by atoms with Gasteiger partial charge in [0, 0.05) is 22.3 Å². The van der Waals surface area contributed by atoms with Crippen LogP contribution in [0.4, 0.5) is 10.2 Å². The molecule has 30 heavy (non-hydrogen) atoms. The number of sulfone groups is 1. The molecule has 1 atom stereocenters. The van der Waals surface area contributed by atoms with Crippen molar-refractivity contribution in [3.63, 3.8) is 0 Å². The summed E-state index contributed by atoms with van der Waals surface area (Å²) in [5, 5.41) is 0.148. The van der Waals surface area contributed by atoms with E-state index in [2.05, 4.69) is 4.98 Å². The predicted molar refractivity (Wildman–Crippen MR) is 117 cm³/mol. The van der Waals surface area contributed by atoms with Crippen molar-refractivity contribution in [3.05, 3.63) is 70.1 Å². The second-order valence-corrected chi connectivity index (χ2v) is 9.62. The summed E-state index contributed by atoms with van der Waals surface area (Å²) in [5.41, 5.74) is 7.65. The molecule has 0 bridgehead atoms. The first-order valence-corrected chi connectivity index (χ1v) is 11.4. The van der Waals surface area contributed by atoms with Gasteiger partial charge in [-0.25, -0.2) is 17.8 Å². The molecule has 2 N–H and O–H groups in total. The second kappa shape index (κ2) is 8.79. The third-order valence-electron chi connectivity index (χ3n) is 4.60. The van der Waals surface area contributed by atoms with Crippen molar-refractivity contribution in [3.8, 4) is 16.9 Å². The van der Waals surface area contributed by atoms with E-state index in [4.69, 9.17) is 33.7 Å². The summed E-state index contributed by atoms with van der Waals surface area (Å²) in [6, 6.07) is 10.7. The van der Waals surface area contributed by atoms with Crippen molar-refractivity contribution in [2.75, 3.05) is 11.5 Å². The Morgan fingerprint density at radius 1 is 1.13 bits per heavy atom. The lowest BCUT2D eigenvalue weighted by atomic mass is 10.1. The Bertz CT molecular complexity index is 1190. The van der Waals surface area contributed by atoms with Crippen LogP contribution in [-0.4, -0.2) is 19.2 Å². The van der Waals surface area contributed by atoms with Crippen molar-refractivity contribution in [1.82, 2.24) is 4.98 Å². The van der Waals surface area contributed by atoms with E-state index in [0.29, 0.717) is 11.1 Å². The lowest BCUT2D eigenvalue weighted by Crippen LogP contribution is -2.08. The van der Waals surface area contributed by atoms with Crippen LogP contribution in [0.25, 0.3) is 11.1 Å². The summed E-state index contributed by atoms with van der Waals surface area (Å²) in [6.45, 7) is 3.26. The highest BCUT2D eigenvalue weighted by Crippen LogP contribution is 2.37. The first-order valence-electron chi connectivity index (χ1n) is 9.02. The minimum absolute atomic E-state index is 0.0247. The molecule has 3 rings (SSSR count). The van der Waals surface area contributed by atoms with Gasteiger partial charge in [-0.3, -0.25) is 0 Å². The first kappa shape index (κ1) is 22.3. The van der Waals surface area contributed by atoms with Gasteiger partial charge in [-0.2, -0.15) is 0 Å². The molecule has 0 spiro atoms. The van der Waals surface area contributed by atoms with E-state index in [1.807, 2.05) is 0 Å². The largest absolute Gasteiger partial charge is 0.482 e. The van der Waals surface area contributed by atoms with E-state index in [0.717, 1.165) is 5.56 Å². The maximum atomic E-state index is 13.8. The molecular formula is C21H19Cl2FN2O3S. The van der Waals surface area contributed by atoms with Crippen molar-refractivity contribution < 1.29 is 17.5 Å². The van der Waals surface area contributed by atoms with E-state index >= 15 is 0 Å². The number of pyridine rings is 1. The normalized spacial score (nSPS) is 12.6. The zero-order valence-corrected chi connectivity index (χ0v) is 18.5. The van der Waals surface area contributed by atoms with Gasteiger partial charge in [0.05, 0.1) is 15.7 Å². The number of anilines is 1. The molecule has 0 aliphatic rings. The molecule has 2 aromatic carbocycles. The Kier molecular flexibility index (Phi) is 6.55. The zero-order valence-electron chi connectivity index (χ0n) is 16.2. The van der Waals surface area contributed by atoms with Crippen LogP contribution in [0.5, 0.6) is 5.75 Å². The number of nitrogens with zero attached hydrogens (tertiary/aromatic N) is 1. The van der Waals surface area contributed by atoms with Crippen LogP contribution in [0.3, 0.4) is 0 Å². The number of nitrogens with two attached hydrogens (primary N) is 1. The van der Waals surface area contributed by atoms with Crippen LogP contribution in [0, 0.1) is 5.82 Å². The molecule has 1 unspecified atom stereocenters. The highest BCUT2D eigenvalue weighted by molar-refractivity contribution is 7.91. The van der Waals surface area contributed by atoms with Gasteiger partial charge in [0.25, 0.3) is 0 Å². The molecule has 0 radical (unpaired) electrons. The summed E-state index contributed by atoms with van der Waals surface area (Å²) in [4.78, 5) is 4.39. The quantitative estimate of drug-likeness (QED) is 0.468. The summed E-state index contributed by atoms with van der Waals surface area (Å²) < 4.78 is 43.7. The molecule has 1 heterocycles. The van der Waals surface area contributed by atoms with Gasteiger partial charge in [0.15, 0.2) is 21.4 Å². The molecule has 0 amide bonds. The number of aromatic nitrogens is 1. The molecule has 0 fully saturated rings. The van der Waals surface area contributed by atoms with Gasteiger partial charge in [-0.15, -0.1) is 0 Å². The van der Waals surface area contributed by atoms with Crippen LogP contribution < -0.4 is 10.5 Å². The standard InChI is InChI=1S/C21H19Cl2FN2O3S/c1-3-30(27,28)15-6-4-13(5-7-15)14-10-18(21(25)26-11-14)29-12(2)19-16(22)8-9-17(24)20(19)23/h4-12H,3H2,1-2H3,(H2,25,26). The van der Waals surface area contributed by atoms with Crippen LogP contribution in [0.2, 0.25) is 10.0 Å². The number of hydrogen-bond donors (Lipinski definition) is 1. The van der Waals surface area contributed by atoms with Gasteiger partial charge in [-0.05, 0) is 42.8 Å². The van der Waals surface area contributed by atoms with Crippen LogP contribution in [0.15, 0.2) is 53.6 Å². The first-order chi connectivity index (χ1) is 14.1. The Morgan fingerprint density at radius 2 is 1.80 bits per heavy atom. The Hall–Kier alpha value is -2.35. The fraction of sp³-hybridized carbons (Fsp3) is 0.190. The average molecular weight is 469 g/mol. The van der Waals surface area contributed by atoms with Crippen molar-refractivity contribution in [1.29, 1.82) is 0 Å². The fourth-order valence-electron chi connectivity index (χ4n) is 2.89. The number of benzene rings is 2. The summed E-state index contributed by atoms with van der Waals surface area (Å²) >= 11 is 12.2. The number of nitrogen functional groups attached to an aromatic ring is 1. The SMILES string of the molecule is CCS(=O)(=O)c1ccc(-c2cnc(N)c(OC(C)c3c(Cl)ccc(F)c3Cl)c2)cc1. The fourth-order valence-corrected chi connectivity index (χ4v) is 4.46. The minimum Gasteiger partial charge on any atom is -0.482 e. The van der Waals surface area contributed by atoms with Crippen molar-refractivity contribution in [2.24, 2.45) is 0 Å². The van der Waals surface area contributed by atoms with Gasteiger partial charge in [0.2, 0.25) is 0 Å². The maximum Gasteiger partial charge on any atom is 0.178 e. The molecule has 158 valence electrons. The highest BCUT2D eigenvalue weighted by atomic mass is 35.5. The summed E-state index contributed by atoms with van der Waals surface area (Å²) in [5.74, 6) is -0.175. The molecule has 9 heteroatoms. The highest BCUT2D eigenvalue weighted by Gasteiger charge is 2.20. The van der Waals surface area contributed by atoms with E-state index in [-0.39, 0.29) is 32.3 Å². The second-order valence-electron chi connectivity index (χ2n) is 6.55.